The van der Waals surface area contributed by atoms with Crippen LogP contribution >= 0.6 is 11.6 Å². The molecule has 4 nitrogen and oxygen atoms in total. The summed E-state index contributed by atoms with van der Waals surface area (Å²) in [5.74, 6) is -1.88. The maximum atomic E-state index is 12.9. The lowest BCUT2D eigenvalue weighted by molar-refractivity contribution is -0.143. The third-order valence-corrected chi connectivity index (χ3v) is 4.20. The van der Waals surface area contributed by atoms with Crippen LogP contribution < -0.4 is 10.6 Å². The number of hydrogen-bond acceptors (Lipinski definition) is 2. The minimum absolute atomic E-state index is 0.0566. The third-order valence-electron chi connectivity index (χ3n) is 3.96. The summed E-state index contributed by atoms with van der Waals surface area (Å²) in [4.78, 5) is 24.2. The Hall–Kier alpha value is -3.01. The first-order valence-electron chi connectivity index (χ1n) is 7.78. The fourth-order valence-corrected chi connectivity index (χ4v) is 2.78. The van der Waals surface area contributed by atoms with E-state index in [9.17, 15) is 35.9 Å². The summed E-state index contributed by atoms with van der Waals surface area (Å²) in [6, 6.07) is 4.92. The maximum Gasteiger partial charge on any atom is 0.416 e. The standard InChI is InChI=1S/C18H9ClF6N2O2/c19-11-1-2-14-12(6-11)13(16(29)27-14)7-26-15(28)8-3-9(17(20,21)22)5-10(4-8)18(23,24)25/h1-7H,(H,26,28)(H,27,29)/b13-7-. The zero-order valence-electron chi connectivity index (χ0n) is 14.0. The normalized spacial score (nSPS) is 15.3. The SMILES string of the molecule is O=C1Nc2ccc(Cl)cc2/C1=C/NC(=O)c1cc(C(F)(F)F)cc(C(F)(F)F)c1. The van der Waals surface area contributed by atoms with Gasteiger partial charge in [0.2, 0.25) is 0 Å². The van der Waals surface area contributed by atoms with E-state index in [1.54, 1.807) is 0 Å². The van der Waals surface area contributed by atoms with Crippen LogP contribution in [0.2, 0.25) is 5.02 Å². The summed E-state index contributed by atoms with van der Waals surface area (Å²) in [5, 5.41) is 4.81. The zero-order chi connectivity index (χ0) is 21.6. The second-order valence-corrected chi connectivity index (χ2v) is 6.41. The number of rotatable bonds is 2. The number of carbonyl (C=O) groups is 2. The van der Waals surface area contributed by atoms with Crippen LogP contribution in [0.1, 0.15) is 27.0 Å². The fraction of sp³-hybridized carbons (Fsp3) is 0.111. The lowest BCUT2D eigenvalue weighted by Crippen LogP contribution is -2.21. The van der Waals surface area contributed by atoms with Crippen molar-refractivity contribution in [2.75, 3.05) is 5.32 Å². The number of fused-ring (bicyclic) bond motifs is 1. The van der Waals surface area contributed by atoms with Crippen molar-refractivity contribution in [3.8, 4) is 0 Å². The van der Waals surface area contributed by atoms with Crippen molar-refractivity contribution in [1.29, 1.82) is 0 Å². The van der Waals surface area contributed by atoms with Crippen molar-refractivity contribution in [2.24, 2.45) is 0 Å². The van der Waals surface area contributed by atoms with Crippen LogP contribution in [0.3, 0.4) is 0 Å². The molecule has 1 heterocycles. The van der Waals surface area contributed by atoms with E-state index >= 15 is 0 Å². The molecule has 0 aromatic heterocycles. The molecule has 152 valence electrons. The van der Waals surface area contributed by atoms with Gasteiger partial charge in [0.15, 0.2) is 0 Å². The quantitative estimate of drug-likeness (QED) is 0.510. The van der Waals surface area contributed by atoms with Crippen LogP contribution in [0, 0.1) is 0 Å². The van der Waals surface area contributed by atoms with Gasteiger partial charge in [-0.2, -0.15) is 26.3 Å². The number of nitrogens with one attached hydrogen (secondary N) is 2. The number of anilines is 1. The summed E-state index contributed by atoms with van der Waals surface area (Å²) in [6.07, 6.45) is -9.28. The van der Waals surface area contributed by atoms with Gasteiger partial charge in [-0.15, -0.1) is 0 Å². The van der Waals surface area contributed by atoms with Crippen molar-refractivity contribution in [2.45, 2.75) is 12.4 Å². The molecule has 2 N–H and O–H groups in total. The molecule has 1 aliphatic rings. The summed E-state index contributed by atoms with van der Waals surface area (Å²) in [5.41, 5.74) is -3.46. The van der Waals surface area contributed by atoms with Crippen molar-refractivity contribution < 1.29 is 35.9 Å². The van der Waals surface area contributed by atoms with E-state index in [0.717, 1.165) is 6.20 Å². The Balaban J connectivity index is 1.95. The maximum absolute atomic E-state index is 12.9. The van der Waals surface area contributed by atoms with Crippen LogP contribution in [0.5, 0.6) is 0 Å². The van der Waals surface area contributed by atoms with Gasteiger partial charge in [-0.1, -0.05) is 11.6 Å². The van der Waals surface area contributed by atoms with E-state index in [-0.39, 0.29) is 16.7 Å². The minimum Gasteiger partial charge on any atom is -0.328 e. The molecule has 0 unspecified atom stereocenters. The zero-order valence-corrected chi connectivity index (χ0v) is 14.8. The van der Waals surface area contributed by atoms with Gasteiger partial charge in [0, 0.05) is 28.0 Å². The average Bonchev–Trinajstić information content (AvgIpc) is 2.92. The first kappa shape index (κ1) is 20.7. The van der Waals surface area contributed by atoms with Gasteiger partial charge in [-0.05, 0) is 36.4 Å². The minimum atomic E-state index is -5.09. The van der Waals surface area contributed by atoms with Crippen LogP contribution in [0.25, 0.3) is 5.57 Å². The Morgan fingerprint density at radius 2 is 1.55 bits per heavy atom. The molecule has 2 aromatic carbocycles. The van der Waals surface area contributed by atoms with Crippen molar-refractivity contribution >= 4 is 34.7 Å². The molecule has 2 aromatic rings. The molecule has 2 amide bonds. The van der Waals surface area contributed by atoms with E-state index in [2.05, 4.69) is 5.32 Å². The van der Waals surface area contributed by atoms with Gasteiger partial charge in [-0.3, -0.25) is 9.59 Å². The Morgan fingerprint density at radius 1 is 0.966 bits per heavy atom. The molecule has 29 heavy (non-hydrogen) atoms. The highest BCUT2D eigenvalue weighted by Gasteiger charge is 2.37. The first-order chi connectivity index (χ1) is 13.4. The predicted molar refractivity (Wildman–Crippen MR) is 92.0 cm³/mol. The Labute approximate surface area is 164 Å². The number of halogens is 7. The molecule has 0 atom stereocenters. The highest BCUT2D eigenvalue weighted by molar-refractivity contribution is 6.34. The molecule has 0 fully saturated rings. The topological polar surface area (TPSA) is 58.2 Å². The molecule has 0 saturated heterocycles. The molecular weight excluding hydrogens is 426 g/mol. The van der Waals surface area contributed by atoms with Crippen molar-refractivity contribution in [3.63, 3.8) is 0 Å². The van der Waals surface area contributed by atoms with Crippen LogP contribution in [-0.4, -0.2) is 11.8 Å². The van der Waals surface area contributed by atoms with Crippen molar-refractivity contribution in [1.82, 2.24) is 5.32 Å². The number of benzene rings is 2. The Kier molecular flexibility index (Phi) is 5.08. The second-order valence-electron chi connectivity index (χ2n) is 5.97. The van der Waals surface area contributed by atoms with Gasteiger partial charge < -0.3 is 10.6 Å². The average molecular weight is 435 g/mol. The summed E-state index contributed by atoms with van der Waals surface area (Å²) >= 11 is 5.85. The number of carbonyl (C=O) groups excluding carboxylic acids is 2. The van der Waals surface area contributed by atoms with Gasteiger partial charge in [0.1, 0.15) is 0 Å². The van der Waals surface area contributed by atoms with E-state index in [4.69, 9.17) is 11.6 Å². The predicted octanol–water partition coefficient (Wildman–Crippen LogP) is 5.10. The van der Waals surface area contributed by atoms with Gasteiger partial charge >= 0.3 is 12.4 Å². The molecule has 3 rings (SSSR count). The molecule has 11 heteroatoms. The lowest BCUT2D eigenvalue weighted by atomic mass is 10.0. The van der Waals surface area contributed by atoms with Gasteiger partial charge in [0.05, 0.1) is 16.7 Å². The second kappa shape index (κ2) is 7.11. The number of hydrogen-bond donors (Lipinski definition) is 2. The largest absolute Gasteiger partial charge is 0.416 e. The summed E-state index contributed by atoms with van der Waals surface area (Å²) < 4.78 is 77.5. The molecule has 0 bridgehead atoms. The number of alkyl halides is 6. The smallest absolute Gasteiger partial charge is 0.328 e. The van der Waals surface area contributed by atoms with Crippen molar-refractivity contribution in [3.05, 3.63) is 69.9 Å². The van der Waals surface area contributed by atoms with E-state index in [0.29, 0.717) is 23.4 Å². The fourth-order valence-electron chi connectivity index (χ4n) is 2.61. The first-order valence-corrected chi connectivity index (χ1v) is 8.16. The van der Waals surface area contributed by atoms with Crippen LogP contribution in [0.4, 0.5) is 32.0 Å². The van der Waals surface area contributed by atoms with E-state index < -0.39 is 40.9 Å². The van der Waals surface area contributed by atoms with Gasteiger partial charge in [-0.25, -0.2) is 0 Å². The van der Waals surface area contributed by atoms with E-state index in [1.807, 2.05) is 5.32 Å². The Bertz CT molecular complexity index is 1010. The molecule has 1 aliphatic heterocycles. The monoisotopic (exact) mass is 434 g/mol. The van der Waals surface area contributed by atoms with Crippen LogP contribution in [-0.2, 0) is 17.1 Å². The highest BCUT2D eigenvalue weighted by Crippen LogP contribution is 2.36. The molecular formula is C18H9ClF6N2O2. The highest BCUT2D eigenvalue weighted by atomic mass is 35.5. The Morgan fingerprint density at radius 3 is 2.10 bits per heavy atom. The molecule has 0 aliphatic carbocycles. The number of amides is 2. The summed E-state index contributed by atoms with van der Waals surface area (Å²) in [6.45, 7) is 0. The molecule has 0 radical (unpaired) electrons. The third kappa shape index (κ3) is 4.37. The van der Waals surface area contributed by atoms with Crippen LogP contribution in [0.15, 0.2) is 42.6 Å². The molecule has 0 spiro atoms. The van der Waals surface area contributed by atoms with Gasteiger partial charge in [0.25, 0.3) is 11.8 Å². The van der Waals surface area contributed by atoms with E-state index in [1.165, 1.54) is 18.2 Å². The molecule has 0 saturated carbocycles. The lowest BCUT2D eigenvalue weighted by Gasteiger charge is -2.13. The summed E-state index contributed by atoms with van der Waals surface area (Å²) in [7, 11) is 0.